The highest BCUT2D eigenvalue weighted by atomic mass is 32.2. The Bertz CT molecular complexity index is 1180. The number of rotatable bonds is 5. The molecule has 0 unspecified atom stereocenters. The van der Waals surface area contributed by atoms with Crippen molar-refractivity contribution in [3.05, 3.63) is 84.4 Å². The number of nitrogens with zero attached hydrogens (tertiary/aromatic N) is 1. The number of hydrogen-bond acceptors (Lipinski definition) is 4. The van der Waals surface area contributed by atoms with Crippen LogP contribution in [0.15, 0.2) is 83.8 Å². The van der Waals surface area contributed by atoms with Crippen LogP contribution in [0.3, 0.4) is 0 Å². The highest BCUT2D eigenvalue weighted by Crippen LogP contribution is 2.41. The van der Waals surface area contributed by atoms with Gasteiger partial charge in [0.25, 0.3) is 10.0 Å². The van der Waals surface area contributed by atoms with E-state index in [0.29, 0.717) is 17.8 Å². The largest absolute Gasteiger partial charge is 0.378 e. The minimum absolute atomic E-state index is 0.00203. The monoisotopic (exact) mass is 435 g/mol. The summed E-state index contributed by atoms with van der Waals surface area (Å²) in [7, 11) is -3.77. The SMILES string of the molecule is CC(=O)Nc1ccc(S(=O)(=O)N2c3ccccc3[C@H](Nc3ccccc3)C[C@@H]2C)cc1. The van der Waals surface area contributed by atoms with E-state index in [1.54, 1.807) is 12.1 Å². The van der Waals surface area contributed by atoms with Gasteiger partial charge in [-0.3, -0.25) is 9.10 Å². The van der Waals surface area contributed by atoms with Gasteiger partial charge in [0.2, 0.25) is 5.91 Å². The highest BCUT2D eigenvalue weighted by Gasteiger charge is 2.37. The third-order valence-electron chi connectivity index (χ3n) is 5.37. The van der Waals surface area contributed by atoms with Crippen molar-refractivity contribution < 1.29 is 13.2 Å². The van der Waals surface area contributed by atoms with Crippen LogP contribution in [-0.2, 0) is 14.8 Å². The number of nitrogens with one attached hydrogen (secondary N) is 2. The first-order chi connectivity index (χ1) is 14.9. The molecule has 0 saturated heterocycles. The summed E-state index contributed by atoms with van der Waals surface area (Å²) in [5, 5.41) is 6.20. The molecular weight excluding hydrogens is 410 g/mol. The predicted molar refractivity (Wildman–Crippen MR) is 124 cm³/mol. The van der Waals surface area contributed by atoms with E-state index in [4.69, 9.17) is 0 Å². The van der Waals surface area contributed by atoms with Gasteiger partial charge in [-0.25, -0.2) is 8.42 Å². The van der Waals surface area contributed by atoms with Crippen LogP contribution in [0.25, 0.3) is 0 Å². The molecule has 0 saturated carbocycles. The number of hydrogen-bond donors (Lipinski definition) is 2. The molecule has 1 amide bonds. The average molecular weight is 436 g/mol. The Labute approximate surface area is 183 Å². The molecule has 160 valence electrons. The van der Waals surface area contributed by atoms with Crippen LogP contribution in [0.1, 0.15) is 31.9 Å². The maximum Gasteiger partial charge on any atom is 0.264 e. The number of fused-ring (bicyclic) bond motifs is 1. The van der Waals surface area contributed by atoms with Crippen LogP contribution in [0.4, 0.5) is 17.1 Å². The van der Waals surface area contributed by atoms with Crippen LogP contribution < -0.4 is 14.9 Å². The standard InChI is InChI=1S/C24H25N3O3S/c1-17-16-23(26-19-8-4-3-5-9-19)22-10-6-7-11-24(22)27(17)31(29,30)21-14-12-20(13-15-21)25-18(2)28/h3-15,17,23,26H,16H2,1-2H3,(H,25,28)/t17-,23+/m0/s1. The quantitative estimate of drug-likeness (QED) is 0.604. The Balaban J connectivity index is 1.69. The first-order valence-electron chi connectivity index (χ1n) is 10.2. The maximum atomic E-state index is 13.6. The van der Waals surface area contributed by atoms with Crippen LogP contribution in [0, 0.1) is 0 Å². The second-order valence-corrected chi connectivity index (χ2v) is 9.53. The minimum Gasteiger partial charge on any atom is -0.378 e. The molecule has 0 aromatic heterocycles. The Kier molecular flexibility index (Phi) is 5.69. The number of sulfonamides is 1. The first kappa shape index (κ1) is 20.9. The van der Waals surface area contributed by atoms with Crippen LogP contribution in [0.5, 0.6) is 0 Å². The summed E-state index contributed by atoms with van der Waals surface area (Å²) in [5.74, 6) is -0.203. The fourth-order valence-electron chi connectivity index (χ4n) is 4.05. The van der Waals surface area contributed by atoms with Crippen molar-refractivity contribution in [2.24, 2.45) is 0 Å². The van der Waals surface area contributed by atoms with Crippen molar-refractivity contribution in [2.75, 3.05) is 14.9 Å². The van der Waals surface area contributed by atoms with Gasteiger partial charge < -0.3 is 10.6 Å². The van der Waals surface area contributed by atoms with Gasteiger partial charge in [0.05, 0.1) is 16.6 Å². The molecule has 0 spiro atoms. The molecule has 3 aromatic carbocycles. The Morgan fingerprint density at radius 3 is 2.23 bits per heavy atom. The van der Waals surface area contributed by atoms with E-state index in [0.717, 1.165) is 11.3 Å². The lowest BCUT2D eigenvalue weighted by Gasteiger charge is -2.40. The lowest BCUT2D eigenvalue weighted by Crippen LogP contribution is -2.44. The number of amides is 1. The number of carbonyl (C=O) groups excluding carboxylic acids is 1. The van der Waals surface area contributed by atoms with Crippen molar-refractivity contribution >= 4 is 33.0 Å². The summed E-state index contributed by atoms with van der Waals surface area (Å²) in [5.41, 5.74) is 3.19. The fourth-order valence-corrected chi connectivity index (χ4v) is 5.74. The summed E-state index contributed by atoms with van der Waals surface area (Å²) in [4.78, 5) is 11.4. The summed E-state index contributed by atoms with van der Waals surface area (Å²) in [6.45, 7) is 3.34. The summed E-state index contributed by atoms with van der Waals surface area (Å²) in [6.07, 6.45) is 0.634. The molecule has 6 nitrogen and oxygen atoms in total. The van der Waals surface area contributed by atoms with Gasteiger partial charge in [-0.1, -0.05) is 36.4 Å². The molecule has 4 rings (SSSR count). The topological polar surface area (TPSA) is 78.5 Å². The zero-order valence-electron chi connectivity index (χ0n) is 17.4. The zero-order chi connectivity index (χ0) is 22.0. The van der Waals surface area contributed by atoms with Crippen LogP contribution >= 0.6 is 0 Å². The van der Waals surface area contributed by atoms with E-state index < -0.39 is 10.0 Å². The van der Waals surface area contributed by atoms with Crippen LogP contribution in [-0.4, -0.2) is 20.4 Å². The molecule has 0 fully saturated rings. The molecular formula is C24H25N3O3S. The highest BCUT2D eigenvalue weighted by molar-refractivity contribution is 7.92. The minimum atomic E-state index is -3.77. The van der Waals surface area contributed by atoms with Crippen molar-refractivity contribution in [1.29, 1.82) is 0 Å². The Morgan fingerprint density at radius 2 is 1.55 bits per heavy atom. The summed E-state index contributed by atoms with van der Waals surface area (Å²) >= 11 is 0. The number of para-hydroxylation sites is 2. The molecule has 0 bridgehead atoms. The van der Waals surface area contributed by atoms with E-state index in [1.807, 2.05) is 61.5 Å². The van der Waals surface area contributed by atoms with Gasteiger partial charge in [0.15, 0.2) is 0 Å². The third-order valence-corrected chi connectivity index (χ3v) is 7.32. The van der Waals surface area contributed by atoms with Gasteiger partial charge in [-0.05, 0) is 61.4 Å². The molecule has 31 heavy (non-hydrogen) atoms. The van der Waals surface area contributed by atoms with E-state index in [-0.39, 0.29) is 22.9 Å². The lowest BCUT2D eigenvalue weighted by atomic mass is 9.93. The maximum absolute atomic E-state index is 13.6. The number of benzene rings is 3. The van der Waals surface area contributed by atoms with Gasteiger partial charge in [-0.15, -0.1) is 0 Å². The molecule has 0 aliphatic carbocycles. The van der Waals surface area contributed by atoms with Crippen molar-refractivity contribution in [3.63, 3.8) is 0 Å². The lowest BCUT2D eigenvalue weighted by molar-refractivity contribution is -0.114. The van der Waals surface area contributed by atoms with Gasteiger partial charge >= 0.3 is 0 Å². The molecule has 0 radical (unpaired) electrons. The predicted octanol–water partition coefficient (Wildman–Crippen LogP) is 4.79. The second-order valence-electron chi connectivity index (χ2n) is 7.71. The fraction of sp³-hybridized carbons (Fsp3) is 0.208. The third kappa shape index (κ3) is 4.27. The molecule has 1 aliphatic heterocycles. The molecule has 1 aliphatic rings. The summed E-state index contributed by atoms with van der Waals surface area (Å²) in [6, 6.07) is 23.6. The van der Waals surface area contributed by atoms with Crippen molar-refractivity contribution in [2.45, 2.75) is 37.2 Å². The van der Waals surface area contributed by atoms with E-state index in [9.17, 15) is 13.2 Å². The number of carbonyl (C=O) groups is 1. The smallest absolute Gasteiger partial charge is 0.264 e. The van der Waals surface area contributed by atoms with Crippen molar-refractivity contribution in [1.82, 2.24) is 0 Å². The Hall–Kier alpha value is -3.32. The Morgan fingerprint density at radius 1 is 0.903 bits per heavy atom. The average Bonchev–Trinajstić information content (AvgIpc) is 2.74. The van der Waals surface area contributed by atoms with E-state index >= 15 is 0 Å². The van der Waals surface area contributed by atoms with E-state index in [1.165, 1.54) is 23.4 Å². The van der Waals surface area contributed by atoms with Gasteiger partial charge in [0, 0.05) is 24.3 Å². The molecule has 2 atom stereocenters. The molecule has 2 N–H and O–H groups in total. The first-order valence-corrected chi connectivity index (χ1v) is 11.6. The second kappa shape index (κ2) is 8.43. The molecule has 7 heteroatoms. The normalized spacial score (nSPS) is 18.2. The molecule has 1 heterocycles. The summed E-state index contributed by atoms with van der Waals surface area (Å²) < 4.78 is 28.7. The van der Waals surface area contributed by atoms with Crippen LogP contribution in [0.2, 0.25) is 0 Å². The van der Waals surface area contributed by atoms with Gasteiger partial charge in [0.1, 0.15) is 0 Å². The molecule has 3 aromatic rings. The zero-order valence-corrected chi connectivity index (χ0v) is 18.3. The van der Waals surface area contributed by atoms with Gasteiger partial charge in [-0.2, -0.15) is 0 Å². The van der Waals surface area contributed by atoms with E-state index in [2.05, 4.69) is 10.6 Å². The van der Waals surface area contributed by atoms with Crippen molar-refractivity contribution in [3.8, 4) is 0 Å². The number of anilines is 3.